The Morgan fingerprint density at radius 1 is 1.19 bits per heavy atom. The van der Waals surface area contributed by atoms with Gasteiger partial charge in [0.1, 0.15) is 5.75 Å². The quantitative estimate of drug-likeness (QED) is 0.519. The van der Waals surface area contributed by atoms with Gasteiger partial charge in [0, 0.05) is 19.0 Å². The minimum Gasteiger partial charge on any atom is -0.494 e. The molecule has 2 aromatic heterocycles. The maximum atomic E-state index is 12.7. The molecule has 4 rings (SSSR count). The van der Waals surface area contributed by atoms with Crippen LogP contribution in [0.3, 0.4) is 0 Å². The summed E-state index contributed by atoms with van der Waals surface area (Å²) in [5, 5.41) is 9.20. The number of nitrogens with two attached hydrogens (primary N) is 1. The van der Waals surface area contributed by atoms with E-state index in [1.165, 1.54) is 11.8 Å². The van der Waals surface area contributed by atoms with E-state index in [9.17, 15) is 9.59 Å². The minimum atomic E-state index is -0.291. The first-order valence-corrected chi connectivity index (χ1v) is 11.5. The molecule has 10 heteroatoms. The van der Waals surface area contributed by atoms with Crippen molar-refractivity contribution in [3.05, 3.63) is 42.7 Å². The average Bonchev–Trinajstić information content (AvgIpc) is 3.48. The van der Waals surface area contributed by atoms with Crippen LogP contribution < -0.4 is 10.5 Å². The molecule has 168 valence electrons. The Bertz CT molecular complexity index is 1060. The number of thioether (sulfide) groups is 1. The van der Waals surface area contributed by atoms with Crippen molar-refractivity contribution in [3.63, 3.8) is 0 Å². The van der Waals surface area contributed by atoms with Crippen molar-refractivity contribution in [1.29, 1.82) is 0 Å². The van der Waals surface area contributed by atoms with Gasteiger partial charge >= 0.3 is 0 Å². The van der Waals surface area contributed by atoms with Gasteiger partial charge in [-0.25, -0.2) is 0 Å². The highest BCUT2D eigenvalue weighted by Crippen LogP contribution is 2.29. The molecule has 0 saturated carbocycles. The van der Waals surface area contributed by atoms with Crippen LogP contribution in [0.1, 0.15) is 19.8 Å². The highest BCUT2D eigenvalue weighted by Gasteiger charge is 2.26. The number of likely N-dealkylation sites (tertiary alicyclic amines) is 1. The van der Waals surface area contributed by atoms with E-state index in [0.29, 0.717) is 49.3 Å². The second-order valence-electron chi connectivity index (χ2n) is 7.39. The number of rotatable bonds is 8. The predicted molar refractivity (Wildman–Crippen MR) is 119 cm³/mol. The van der Waals surface area contributed by atoms with E-state index >= 15 is 0 Å². The van der Waals surface area contributed by atoms with Gasteiger partial charge in [-0.2, -0.15) is 0 Å². The SMILES string of the molecule is CCOc1ccc(-n2c(SCC(=O)N3CCC(C(N)=O)CC3)nnc2-c2ccco2)cc1. The molecule has 1 saturated heterocycles. The molecule has 0 unspecified atom stereocenters. The van der Waals surface area contributed by atoms with Crippen LogP contribution >= 0.6 is 11.8 Å². The van der Waals surface area contributed by atoms with Crippen LogP contribution in [0.25, 0.3) is 17.3 Å². The van der Waals surface area contributed by atoms with E-state index in [4.69, 9.17) is 14.9 Å². The molecular weight excluding hydrogens is 430 g/mol. The van der Waals surface area contributed by atoms with Crippen LogP contribution in [-0.2, 0) is 9.59 Å². The smallest absolute Gasteiger partial charge is 0.233 e. The molecular formula is C22H25N5O4S. The van der Waals surface area contributed by atoms with Crippen LogP contribution in [0.4, 0.5) is 0 Å². The van der Waals surface area contributed by atoms with E-state index in [2.05, 4.69) is 10.2 Å². The van der Waals surface area contributed by atoms with E-state index in [1.807, 2.05) is 41.8 Å². The van der Waals surface area contributed by atoms with Gasteiger partial charge in [0.25, 0.3) is 0 Å². The fourth-order valence-corrected chi connectivity index (χ4v) is 4.51. The number of ether oxygens (including phenoxy) is 1. The zero-order chi connectivity index (χ0) is 22.5. The largest absolute Gasteiger partial charge is 0.494 e. The third-order valence-electron chi connectivity index (χ3n) is 5.36. The summed E-state index contributed by atoms with van der Waals surface area (Å²) in [6, 6.07) is 11.2. The minimum absolute atomic E-state index is 0.00119. The van der Waals surface area contributed by atoms with Crippen molar-refractivity contribution < 1.29 is 18.7 Å². The number of primary amides is 1. The van der Waals surface area contributed by atoms with Crippen LogP contribution in [0.15, 0.2) is 52.2 Å². The zero-order valence-electron chi connectivity index (χ0n) is 17.8. The summed E-state index contributed by atoms with van der Waals surface area (Å²) in [7, 11) is 0. The molecule has 3 aromatic rings. The number of aromatic nitrogens is 3. The summed E-state index contributed by atoms with van der Waals surface area (Å²) in [5.74, 6) is 1.68. The molecule has 0 atom stereocenters. The Morgan fingerprint density at radius 3 is 2.56 bits per heavy atom. The van der Waals surface area contributed by atoms with Gasteiger partial charge in [-0.05, 0) is 56.2 Å². The molecule has 2 N–H and O–H groups in total. The fourth-order valence-electron chi connectivity index (χ4n) is 3.65. The molecule has 2 amide bonds. The maximum Gasteiger partial charge on any atom is 0.233 e. The van der Waals surface area contributed by atoms with Crippen LogP contribution in [-0.4, -0.2) is 56.9 Å². The van der Waals surface area contributed by atoms with E-state index < -0.39 is 0 Å². The van der Waals surface area contributed by atoms with Crippen molar-refractivity contribution in [3.8, 4) is 23.0 Å². The Morgan fingerprint density at radius 2 is 1.94 bits per heavy atom. The van der Waals surface area contributed by atoms with Crippen molar-refractivity contribution in [1.82, 2.24) is 19.7 Å². The summed E-state index contributed by atoms with van der Waals surface area (Å²) in [4.78, 5) is 25.9. The first-order chi connectivity index (χ1) is 15.6. The number of hydrogen-bond donors (Lipinski definition) is 1. The number of piperidine rings is 1. The molecule has 0 spiro atoms. The normalized spacial score (nSPS) is 14.5. The van der Waals surface area contributed by atoms with E-state index in [-0.39, 0.29) is 23.5 Å². The molecule has 32 heavy (non-hydrogen) atoms. The zero-order valence-corrected chi connectivity index (χ0v) is 18.6. The van der Waals surface area contributed by atoms with Gasteiger partial charge in [-0.1, -0.05) is 11.8 Å². The number of nitrogens with zero attached hydrogens (tertiary/aromatic N) is 4. The monoisotopic (exact) mass is 455 g/mol. The third-order valence-corrected chi connectivity index (χ3v) is 6.27. The fraction of sp³-hybridized carbons (Fsp3) is 0.364. The topological polar surface area (TPSA) is 116 Å². The highest BCUT2D eigenvalue weighted by atomic mass is 32.2. The molecule has 0 radical (unpaired) electrons. The molecule has 1 aliphatic rings. The second kappa shape index (κ2) is 9.90. The molecule has 3 heterocycles. The molecule has 0 bridgehead atoms. The summed E-state index contributed by atoms with van der Waals surface area (Å²) in [6.07, 6.45) is 2.80. The van der Waals surface area contributed by atoms with Crippen molar-refractivity contribution in [2.75, 3.05) is 25.4 Å². The van der Waals surface area contributed by atoms with E-state index in [0.717, 1.165) is 11.4 Å². The first kappa shape index (κ1) is 21.9. The third kappa shape index (κ3) is 4.80. The maximum absolute atomic E-state index is 12.7. The average molecular weight is 456 g/mol. The number of furan rings is 1. The Labute approximate surface area is 189 Å². The Hall–Kier alpha value is -3.27. The lowest BCUT2D eigenvalue weighted by molar-refractivity contribution is -0.132. The standard InChI is InChI=1S/C22H25N5O4S/c1-2-30-17-7-5-16(6-8-17)27-21(18-4-3-13-31-18)24-25-22(27)32-14-19(28)26-11-9-15(10-12-26)20(23)29/h3-8,13,15H,2,9-12,14H2,1H3,(H2,23,29). The van der Waals surface area contributed by atoms with Gasteiger partial charge in [-0.3, -0.25) is 14.2 Å². The van der Waals surface area contributed by atoms with Gasteiger partial charge in [0.2, 0.25) is 17.6 Å². The van der Waals surface area contributed by atoms with Crippen LogP contribution in [0, 0.1) is 5.92 Å². The lowest BCUT2D eigenvalue weighted by Gasteiger charge is -2.30. The summed E-state index contributed by atoms with van der Waals surface area (Å²) < 4.78 is 12.9. The number of hydrogen-bond acceptors (Lipinski definition) is 7. The van der Waals surface area contributed by atoms with Gasteiger partial charge in [0.05, 0.1) is 24.3 Å². The Kier molecular flexibility index (Phi) is 6.79. The molecule has 1 aromatic carbocycles. The highest BCUT2D eigenvalue weighted by molar-refractivity contribution is 7.99. The predicted octanol–water partition coefficient (Wildman–Crippen LogP) is 2.74. The lowest BCUT2D eigenvalue weighted by Crippen LogP contribution is -2.42. The number of carbonyl (C=O) groups excluding carboxylic acids is 2. The lowest BCUT2D eigenvalue weighted by atomic mass is 9.96. The van der Waals surface area contributed by atoms with Gasteiger partial charge < -0.3 is 19.8 Å². The van der Waals surface area contributed by atoms with Crippen molar-refractivity contribution >= 4 is 23.6 Å². The van der Waals surface area contributed by atoms with Crippen LogP contribution in [0.2, 0.25) is 0 Å². The number of amides is 2. The summed E-state index contributed by atoms with van der Waals surface area (Å²) >= 11 is 1.32. The molecule has 1 fully saturated rings. The number of carbonyl (C=O) groups is 2. The van der Waals surface area contributed by atoms with Gasteiger partial charge in [-0.15, -0.1) is 10.2 Å². The first-order valence-electron chi connectivity index (χ1n) is 10.5. The van der Waals surface area contributed by atoms with Crippen LogP contribution in [0.5, 0.6) is 5.75 Å². The molecule has 0 aliphatic carbocycles. The number of benzene rings is 1. The van der Waals surface area contributed by atoms with E-state index in [1.54, 1.807) is 17.2 Å². The Balaban J connectivity index is 1.51. The summed E-state index contributed by atoms with van der Waals surface area (Å²) in [5.41, 5.74) is 6.22. The van der Waals surface area contributed by atoms with Crippen molar-refractivity contribution in [2.24, 2.45) is 11.7 Å². The molecule has 1 aliphatic heterocycles. The van der Waals surface area contributed by atoms with Gasteiger partial charge in [0.15, 0.2) is 10.9 Å². The van der Waals surface area contributed by atoms with Crippen molar-refractivity contribution in [2.45, 2.75) is 24.9 Å². The summed E-state index contributed by atoms with van der Waals surface area (Å²) in [6.45, 7) is 3.60. The second-order valence-corrected chi connectivity index (χ2v) is 8.33. The molecule has 9 nitrogen and oxygen atoms in total.